The fourth-order valence-electron chi connectivity index (χ4n) is 6.76. The topological polar surface area (TPSA) is 139 Å². The van der Waals surface area contributed by atoms with Gasteiger partial charge in [0.2, 0.25) is 0 Å². The largest absolute Gasteiger partial charge is 0.382 e. The van der Waals surface area contributed by atoms with E-state index in [9.17, 15) is 0 Å². The van der Waals surface area contributed by atoms with Crippen LogP contribution in [0.5, 0.6) is 0 Å². The molecule has 2 unspecified atom stereocenters. The molecule has 266 valence electrons. The van der Waals surface area contributed by atoms with Crippen molar-refractivity contribution >= 4 is 68.0 Å². The molecule has 0 aliphatic rings. The van der Waals surface area contributed by atoms with Crippen LogP contribution in [-0.4, -0.2) is 39.0 Å². The first kappa shape index (κ1) is 35.2. The summed E-state index contributed by atoms with van der Waals surface area (Å²) >= 11 is 5.33. The van der Waals surface area contributed by atoms with Gasteiger partial charge in [0.25, 0.3) is 0 Å². The zero-order chi connectivity index (χ0) is 35.5. The Morgan fingerprint density at radius 1 is 0.549 bits per heavy atom. The summed E-state index contributed by atoms with van der Waals surface area (Å²) < 4.78 is 4.53. The number of nitrogens with zero attached hydrogens (tertiary/aromatic N) is 8. The molecule has 7 rings (SSSR count). The normalized spacial score (nSPS) is 13.1. The van der Waals surface area contributed by atoms with Crippen LogP contribution in [-0.2, 0) is 13.1 Å². The van der Waals surface area contributed by atoms with Gasteiger partial charge in [-0.25, -0.2) is 29.9 Å². The second kappa shape index (κ2) is 15.6. The van der Waals surface area contributed by atoms with E-state index in [2.05, 4.69) is 93.2 Å². The van der Waals surface area contributed by atoms with Crippen molar-refractivity contribution in [1.82, 2.24) is 39.0 Å². The Kier molecular flexibility index (Phi) is 10.8. The van der Waals surface area contributed by atoms with Gasteiger partial charge in [-0.1, -0.05) is 66.2 Å². The van der Waals surface area contributed by atoms with E-state index >= 15 is 0 Å². The van der Waals surface area contributed by atoms with Gasteiger partial charge in [0.1, 0.15) is 12.7 Å². The molecule has 0 spiro atoms. The van der Waals surface area contributed by atoms with E-state index in [0.29, 0.717) is 34.5 Å². The zero-order valence-corrected chi connectivity index (χ0v) is 32.3. The molecule has 51 heavy (non-hydrogen) atoms. The molecule has 0 fully saturated rings. The number of aromatic nitrogens is 8. The highest BCUT2D eigenvalue weighted by Gasteiger charge is 2.23. The van der Waals surface area contributed by atoms with Crippen LogP contribution in [0.15, 0.2) is 49.1 Å². The van der Waals surface area contributed by atoms with Crippen molar-refractivity contribution in [1.29, 1.82) is 0 Å². The molecule has 4 N–H and O–H groups in total. The average Bonchev–Trinajstić information content (AvgIpc) is 3.98. The van der Waals surface area contributed by atoms with Crippen LogP contribution < -0.4 is 11.5 Å². The summed E-state index contributed by atoms with van der Waals surface area (Å²) in [5.74, 6) is 3.76. The van der Waals surface area contributed by atoms with Gasteiger partial charge in [-0.15, -0.1) is 34.0 Å². The van der Waals surface area contributed by atoms with Gasteiger partial charge in [-0.2, -0.15) is 0 Å². The first-order chi connectivity index (χ1) is 24.9. The second-order valence-corrected chi connectivity index (χ2v) is 16.5. The van der Waals surface area contributed by atoms with Crippen LogP contribution in [0.4, 0.5) is 11.6 Å². The average molecular weight is 739 g/mol. The lowest BCUT2D eigenvalue weighted by Crippen LogP contribution is -2.12. The molecule has 0 saturated heterocycles. The Labute approximate surface area is 311 Å². The van der Waals surface area contributed by atoms with Crippen molar-refractivity contribution in [3.63, 3.8) is 0 Å². The smallest absolute Gasteiger partial charge is 0.165 e. The lowest BCUT2D eigenvalue weighted by molar-refractivity contribution is 0.396. The van der Waals surface area contributed by atoms with E-state index in [4.69, 9.17) is 21.4 Å². The highest BCUT2D eigenvalue weighted by molar-refractivity contribution is 7.27. The first-order valence-corrected chi connectivity index (χ1v) is 20.6. The minimum Gasteiger partial charge on any atom is -0.382 e. The number of hydrogen-bond donors (Lipinski definition) is 2. The summed E-state index contributed by atoms with van der Waals surface area (Å²) in [5, 5.41) is 0. The quantitative estimate of drug-likeness (QED) is 0.0998. The van der Waals surface area contributed by atoms with Gasteiger partial charge in [0, 0.05) is 32.6 Å². The van der Waals surface area contributed by atoms with Gasteiger partial charge >= 0.3 is 0 Å². The van der Waals surface area contributed by atoms with Gasteiger partial charge in [0.05, 0.1) is 9.75 Å². The van der Waals surface area contributed by atoms with E-state index < -0.39 is 0 Å². The first-order valence-electron chi connectivity index (χ1n) is 18.2. The molecule has 13 heteroatoms. The number of rotatable bonds is 16. The second-order valence-electron chi connectivity index (χ2n) is 13.3. The molecule has 7 aromatic rings. The highest BCUT2D eigenvalue weighted by atomic mass is 32.1. The summed E-state index contributed by atoms with van der Waals surface area (Å²) in [6, 6.07) is 13.2. The monoisotopic (exact) mass is 738 g/mol. The third kappa shape index (κ3) is 7.16. The lowest BCUT2D eigenvalue weighted by atomic mass is 9.99. The number of imidazole rings is 2. The Bertz CT molecular complexity index is 2080. The fourth-order valence-corrected chi connectivity index (χ4v) is 9.96. The Hall–Kier alpha value is -4.20. The zero-order valence-electron chi connectivity index (χ0n) is 29.8. The van der Waals surface area contributed by atoms with E-state index in [1.165, 1.54) is 58.0 Å². The van der Waals surface area contributed by atoms with Crippen molar-refractivity contribution in [2.75, 3.05) is 11.5 Å². The molecule has 7 heterocycles. The SMILES string of the molecule is CCCCC(CC)Cn1c(-c2ccc(-c3ccc(-c4ccc(-c5nc6c(N)ncnc6n5CC(CC)CCCC)s4)s3)s2)nc2c(N)ncnc21. The fraction of sp³-hybridized carbons (Fsp3) is 0.421. The van der Waals surface area contributed by atoms with Crippen molar-refractivity contribution in [3.8, 4) is 40.9 Å². The van der Waals surface area contributed by atoms with Crippen LogP contribution in [0.2, 0.25) is 0 Å². The molecule has 7 aromatic heterocycles. The Morgan fingerprint density at radius 3 is 1.29 bits per heavy atom. The van der Waals surface area contributed by atoms with Gasteiger partial charge in [-0.3, -0.25) is 0 Å². The molecule has 2 atom stereocenters. The van der Waals surface area contributed by atoms with E-state index in [-0.39, 0.29) is 0 Å². The lowest BCUT2D eigenvalue weighted by Gasteiger charge is -2.17. The predicted molar refractivity (Wildman–Crippen MR) is 215 cm³/mol. The third-order valence-corrected chi connectivity index (χ3v) is 13.5. The summed E-state index contributed by atoms with van der Waals surface area (Å²) in [4.78, 5) is 34.8. The number of hydrogen-bond acceptors (Lipinski definition) is 11. The molecule has 0 aromatic carbocycles. The summed E-state index contributed by atoms with van der Waals surface area (Å²) in [6.45, 7) is 10.8. The highest BCUT2D eigenvalue weighted by Crippen LogP contribution is 2.44. The molecule has 0 radical (unpaired) electrons. The number of anilines is 2. The number of thiophene rings is 3. The standard InChI is InChI=1S/C38H46N10S3/c1-5-9-11-23(7-3)19-47-35(45-31-33(39)41-21-43-37(31)47)29-17-15-27(50-29)25-13-14-26(49-25)28-16-18-30(51-28)36-46-32-34(40)42-22-44-38(32)48(36)20-24(8-4)12-10-6-2/h13-18,21-24H,5-12,19-20H2,1-4H3,(H2,39,41,43)(H2,40,42,44). The minimum atomic E-state index is 0.422. The van der Waals surface area contributed by atoms with Crippen molar-refractivity contribution in [3.05, 3.63) is 49.1 Å². The molecule has 0 saturated carbocycles. The molecular formula is C38H46N10S3. The molecule has 0 amide bonds. The van der Waals surface area contributed by atoms with Gasteiger partial charge in [-0.05, 0) is 61.1 Å². The third-order valence-electron chi connectivity index (χ3n) is 9.83. The molecule has 0 aliphatic carbocycles. The maximum Gasteiger partial charge on any atom is 0.165 e. The number of nitrogen functional groups attached to an aromatic ring is 2. The molecule has 0 aliphatic heterocycles. The van der Waals surface area contributed by atoms with Crippen LogP contribution in [0.1, 0.15) is 79.1 Å². The van der Waals surface area contributed by atoms with Crippen molar-refractivity contribution in [2.24, 2.45) is 11.8 Å². The maximum absolute atomic E-state index is 6.29. The van der Waals surface area contributed by atoms with E-state index in [1.54, 1.807) is 35.3 Å². The van der Waals surface area contributed by atoms with Crippen molar-refractivity contribution < 1.29 is 0 Å². The molecule has 0 bridgehead atoms. The van der Waals surface area contributed by atoms with Crippen molar-refractivity contribution in [2.45, 2.75) is 92.2 Å². The summed E-state index contributed by atoms with van der Waals surface area (Å²) in [6.07, 6.45) is 12.5. The van der Waals surface area contributed by atoms with Gasteiger partial charge < -0.3 is 20.6 Å². The van der Waals surface area contributed by atoms with Crippen LogP contribution >= 0.6 is 34.0 Å². The molecule has 10 nitrogen and oxygen atoms in total. The number of unbranched alkanes of at least 4 members (excludes halogenated alkanes) is 2. The van der Waals surface area contributed by atoms with E-state index in [0.717, 1.165) is 58.6 Å². The Balaban J connectivity index is 1.18. The summed E-state index contributed by atoms with van der Waals surface area (Å²) in [7, 11) is 0. The van der Waals surface area contributed by atoms with Crippen LogP contribution in [0.25, 0.3) is 63.2 Å². The van der Waals surface area contributed by atoms with Crippen LogP contribution in [0, 0.1) is 11.8 Å². The number of fused-ring (bicyclic) bond motifs is 2. The molecular weight excluding hydrogens is 693 g/mol. The van der Waals surface area contributed by atoms with Crippen LogP contribution in [0.3, 0.4) is 0 Å². The maximum atomic E-state index is 6.29. The summed E-state index contributed by atoms with van der Waals surface area (Å²) in [5.41, 5.74) is 15.6. The van der Waals surface area contributed by atoms with Gasteiger partial charge in [0.15, 0.2) is 45.6 Å². The minimum absolute atomic E-state index is 0.422. The number of nitrogens with two attached hydrogens (primary N) is 2. The predicted octanol–water partition coefficient (Wildman–Crippen LogP) is 10.4. The van der Waals surface area contributed by atoms with E-state index in [1.807, 2.05) is 11.3 Å². The Morgan fingerprint density at radius 2 is 0.922 bits per heavy atom.